The number of likely N-dealkylation sites (tertiary alicyclic amines) is 1. The molecule has 7 heteroatoms. The summed E-state index contributed by atoms with van der Waals surface area (Å²) < 4.78 is 39.9. The molecule has 2 unspecified atom stereocenters. The number of hydrogen-bond donors (Lipinski definition) is 1. The average Bonchev–Trinajstić information content (AvgIpc) is 2.43. The molecule has 1 aromatic rings. The molecule has 1 aliphatic rings. The van der Waals surface area contributed by atoms with E-state index in [1.165, 1.54) is 4.90 Å². The van der Waals surface area contributed by atoms with Gasteiger partial charge in [-0.1, -0.05) is 6.92 Å². The number of phenols is 1. The van der Waals surface area contributed by atoms with Crippen LogP contribution in [0.5, 0.6) is 5.75 Å². The van der Waals surface area contributed by atoms with Crippen molar-refractivity contribution in [2.45, 2.75) is 18.7 Å². The van der Waals surface area contributed by atoms with Crippen molar-refractivity contribution in [3.8, 4) is 5.75 Å². The monoisotopic (exact) mass is 307 g/mol. The fourth-order valence-electron chi connectivity index (χ4n) is 2.22. The van der Waals surface area contributed by atoms with Gasteiger partial charge in [-0.25, -0.2) is 8.78 Å². The highest BCUT2D eigenvalue weighted by atomic mass is 35.5. The molecule has 0 bridgehead atoms. The maximum Gasteiger partial charge on any atom is 0.257 e. The van der Waals surface area contributed by atoms with Crippen LogP contribution in [0.3, 0.4) is 0 Å². The van der Waals surface area contributed by atoms with E-state index in [1.807, 2.05) is 6.92 Å². The lowest BCUT2D eigenvalue weighted by Crippen LogP contribution is -2.43. The first-order valence-electron chi connectivity index (χ1n) is 6.12. The Labute approximate surface area is 118 Å². The lowest BCUT2D eigenvalue weighted by Gasteiger charge is -2.34. The van der Waals surface area contributed by atoms with Crippen LogP contribution >= 0.6 is 11.6 Å². The standard InChI is InChI=1S/C13H13ClF3NO2/c1-6-5-18(3-2-8(6)14)13(20)7-4-9(15)11(17)12(19)10(7)16/h4,6,8,19H,2-3,5H2,1H3. The Kier molecular flexibility index (Phi) is 4.13. The smallest absolute Gasteiger partial charge is 0.257 e. The van der Waals surface area contributed by atoms with E-state index < -0.39 is 34.7 Å². The zero-order chi connectivity index (χ0) is 15.0. The van der Waals surface area contributed by atoms with Gasteiger partial charge in [0.2, 0.25) is 5.82 Å². The van der Waals surface area contributed by atoms with E-state index in [-0.39, 0.29) is 11.3 Å². The van der Waals surface area contributed by atoms with Crippen LogP contribution < -0.4 is 0 Å². The number of amides is 1. The number of aromatic hydroxyl groups is 1. The van der Waals surface area contributed by atoms with E-state index in [4.69, 9.17) is 16.7 Å². The quantitative estimate of drug-likeness (QED) is 0.640. The number of hydrogen-bond acceptors (Lipinski definition) is 2. The predicted octanol–water partition coefficient (Wildman–Crippen LogP) is 2.90. The Hall–Kier alpha value is -1.43. The Morgan fingerprint density at radius 1 is 1.40 bits per heavy atom. The van der Waals surface area contributed by atoms with Gasteiger partial charge >= 0.3 is 0 Å². The fraction of sp³-hybridized carbons (Fsp3) is 0.462. The number of carbonyl (C=O) groups excluding carboxylic acids is 1. The number of rotatable bonds is 1. The molecule has 0 radical (unpaired) electrons. The number of carbonyl (C=O) groups is 1. The molecule has 110 valence electrons. The number of halogens is 4. The number of nitrogens with zero attached hydrogens (tertiary/aromatic N) is 1. The number of piperidine rings is 1. The third-order valence-corrected chi connectivity index (χ3v) is 4.10. The van der Waals surface area contributed by atoms with Gasteiger partial charge < -0.3 is 10.0 Å². The van der Waals surface area contributed by atoms with Gasteiger partial charge in [0.25, 0.3) is 5.91 Å². The first-order chi connectivity index (χ1) is 9.32. The lowest BCUT2D eigenvalue weighted by atomic mass is 9.98. The maximum atomic E-state index is 13.7. The molecule has 1 fully saturated rings. The zero-order valence-electron chi connectivity index (χ0n) is 10.7. The summed E-state index contributed by atoms with van der Waals surface area (Å²) in [5.41, 5.74) is -0.679. The molecule has 0 aromatic heterocycles. The lowest BCUT2D eigenvalue weighted by molar-refractivity contribution is 0.0680. The molecule has 20 heavy (non-hydrogen) atoms. The summed E-state index contributed by atoms with van der Waals surface area (Å²) in [4.78, 5) is 13.4. The van der Waals surface area contributed by atoms with Gasteiger partial charge in [-0.3, -0.25) is 4.79 Å². The van der Waals surface area contributed by atoms with Crippen LogP contribution in [-0.4, -0.2) is 34.4 Å². The molecule has 0 aliphatic carbocycles. The number of benzene rings is 1. The van der Waals surface area contributed by atoms with Crippen LogP contribution in [0, 0.1) is 23.4 Å². The summed E-state index contributed by atoms with van der Waals surface area (Å²) >= 11 is 6.02. The molecule has 1 amide bonds. The van der Waals surface area contributed by atoms with Crippen molar-refractivity contribution in [3.63, 3.8) is 0 Å². The van der Waals surface area contributed by atoms with Gasteiger partial charge in [0.15, 0.2) is 17.4 Å². The maximum absolute atomic E-state index is 13.7. The normalized spacial score (nSPS) is 22.9. The van der Waals surface area contributed by atoms with Gasteiger partial charge in [0.1, 0.15) is 0 Å². The Bertz CT molecular complexity index is 553. The molecule has 1 aliphatic heterocycles. The first-order valence-corrected chi connectivity index (χ1v) is 6.56. The summed E-state index contributed by atoms with van der Waals surface area (Å²) in [5, 5.41) is 9.05. The fourth-order valence-corrected chi connectivity index (χ4v) is 2.40. The second-order valence-corrected chi connectivity index (χ2v) is 5.48. The van der Waals surface area contributed by atoms with Gasteiger partial charge in [-0.05, 0) is 18.4 Å². The topological polar surface area (TPSA) is 40.5 Å². The number of alkyl halides is 1. The first kappa shape index (κ1) is 15.0. The van der Waals surface area contributed by atoms with E-state index >= 15 is 0 Å². The summed E-state index contributed by atoms with van der Waals surface area (Å²) in [5.74, 6) is -6.87. The molecule has 0 saturated carbocycles. The molecule has 1 aromatic carbocycles. The van der Waals surface area contributed by atoms with Gasteiger partial charge in [0.05, 0.1) is 5.56 Å². The summed E-state index contributed by atoms with van der Waals surface area (Å²) in [6.45, 7) is 2.44. The minimum Gasteiger partial charge on any atom is -0.503 e. The Balaban J connectivity index is 2.30. The van der Waals surface area contributed by atoms with Gasteiger partial charge in [-0.15, -0.1) is 11.6 Å². The second-order valence-electron chi connectivity index (χ2n) is 4.92. The molecule has 0 spiro atoms. The molecule has 1 saturated heterocycles. The predicted molar refractivity (Wildman–Crippen MR) is 67.3 cm³/mol. The van der Waals surface area contributed by atoms with Crippen molar-refractivity contribution >= 4 is 17.5 Å². The summed E-state index contributed by atoms with van der Waals surface area (Å²) in [6, 6.07) is 0.462. The van der Waals surface area contributed by atoms with Gasteiger partial charge in [-0.2, -0.15) is 4.39 Å². The number of phenolic OH excluding ortho intramolecular Hbond substituents is 1. The largest absolute Gasteiger partial charge is 0.503 e. The van der Waals surface area contributed by atoms with Crippen LogP contribution in [0.2, 0.25) is 0 Å². The minimum atomic E-state index is -1.70. The van der Waals surface area contributed by atoms with Crippen molar-refractivity contribution < 1.29 is 23.1 Å². The zero-order valence-corrected chi connectivity index (χ0v) is 11.4. The minimum absolute atomic E-state index is 0.0105. The summed E-state index contributed by atoms with van der Waals surface area (Å²) in [7, 11) is 0. The van der Waals surface area contributed by atoms with Crippen molar-refractivity contribution in [1.29, 1.82) is 0 Å². The highest BCUT2D eigenvalue weighted by molar-refractivity contribution is 6.20. The SMILES string of the molecule is CC1CN(C(=O)c2cc(F)c(F)c(O)c2F)CCC1Cl. The third kappa shape index (κ3) is 2.57. The van der Waals surface area contributed by atoms with Crippen molar-refractivity contribution in [1.82, 2.24) is 4.90 Å². The van der Waals surface area contributed by atoms with Crippen LogP contribution in [0.15, 0.2) is 6.07 Å². The molecule has 3 nitrogen and oxygen atoms in total. The summed E-state index contributed by atoms with van der Waals surface area (Å²) in [6.07, 6.45) is 0.533. The van der Waals surface area contributed by atoms with Crippen molar-refractivity contribution in [3.05, 3.63) is 29.1 Å². The second kappa shape index (κ2) is 5.52. The highest BCUT2D eigenvalue weighted by Crippen LogP contribution is 2.28. The molecule has 1 heterocycles. The molecule has 2 rings (SSSR count). The van der Waals surface area contributed by atoms with E-state index in [0.29, 0.717) is 25.6 Å². The van der Waals surface area contributed by atoms with Crippen LogP contribution in [0.1, 0.15) is 23.7 Å². The van der Waals surface area contributed by atoms with Crippen LogP contribution in [0.25, 0.3) is 0 Å². The Morgan fingerprint density at radius 3 is 2.65 bits per heavy atom. The third-order valence-electron chi connectivity index (χ3n) is 3.45. The van der Waals surface area contributed by atoms with E-state index in [1.54, 1.807) is 0 Å². The van der Waals surface area contributed by atoms with E-state index in [0.717, 1.165) is 0 Å². The average molecular weight is 308 g/mol. The van der Waals surface area contributed by atoms with Crippen LogP contribution in [0.4, 0.5) is 13.2 Å². The van der Waals surface area contributed by atoms with Crippen LogP contribution in [-0.2, 0) is 0 Å². The Morgan fingerprint density at radius 2 is 2.05 bits per heavy atom. The molecular weight excluding hydrogens is 295 g/mol. The van der Waals surface area contributed by atoms with Gasteiger partial charge in [0, 0.05) is 18.5 Å². The molecule has 1 N–H and O–H groups in total. The van der Waals surface area contributed by atoms with Crippen molar-refractivity contribution in [2.75, 3.05) is 13.1 Å². The van der Waals surface area contributed by atoms with E-state index in [2.05, 4.69) is 0 Å². The van der Waals surface area contributed by atoms with Crippen molar-refractivity contribution in [2.24, 2.45) is 5.92 Å². The molecule has 2 atom stereocenters. The molecular formula is C13H13ClF3NO2. The van der Waals surface area contributed by atoms with E-state index in [9.17, 15) is 18.0 Å². The highest BCUT2D eigenvalue weighted by Gasteiger charge is 2.31.